The quantitative estimate of drug-likeness (QED) is 0.577. The van der Waals surface area contributed by atoms with Gasteiger partial charge in [-0.15, -0.1) is 5.10 Å². The van der Waals surface area contributed by atoms with E-state index in [-0.39, 0.29) is 11.9 Å². The number of para-hydroxylation sites is 1. The Bertz CT molecular complexity index is 901. The third-order valence-corrected chi connectivity index (χ3v) is 5.74. The Morgan fingerprint density at radius 2 is 1.89 bits per heavy atom. The lowest BCUT2D eigenvalue weighted by atomic mass is 10.2. The van der Waals surface area contributed by atoms with Crippen molar-refractivity contribution in [2.24, 2.45) is 0 Å². The minimum absolute atomic E-state index is 0.0265. The van der Waals surface area contributed by atoms with Crippen LogP contribution in [-0.2, 0) is 11.3 Å². The molecule has 2 atom stereocenters. The van der Waals surface area contributed by atoms with E-state index in [0.717, 1.165) is 31.7 Å². The maximum absolute atomic E-state index is 12.4. The predicted octanol–water partition coefficient (Wildman–Crippen LogP) is 0.728. The molecular weight excluding hydrogens is 372 g/mol. The summed E-state index contributed by atoms with van der Waals surface area (Å²) in [6.07, 6.45) is 1.01. The summed E-state index contributed by atoms with van der Waals surface area (Å²) in [5, 5.41) is 15.6. The van der Waals surface area contributed by atoms with Crippen molar-refractivity contribution in [1.29, 1.82) is 0 Å². The molecule has 0 spiro atoms. The lowest BCUT2D eigenvalue weighted by Crippen LogP contribution is -3.09. The van der Waals surface area contributed by atoms with Crippen LogP contribution in [0.15, 0.2) is 65.8 Å². The lowest BCUT2D eigenvalue weighted by Gasteiger charge is -2.14. The molecule has 28 heavy (non-hydrogen) atoms. The highest BCUT2D eigenvalue weighted by Crippen LogP contribution is 2.17. The number of rotatable bonds is 7. The lowest BCUT2D eigenvalue weighted by molar-refractivity contribution is -0.901. The van der Waals surface area contributed by atoms with Gasteiger partial charge in [0.25, 0.3) is 0 Å². The van der Waals surface area contributed by atoms with Crippen molar-refractivity contribution in [3.63, 3.8) is 0 Å². The summed E-state index contributed by atoms with van der Waals surface area (Å²) in [6.45, 7) is 3.06. The Labute approximate surface area is 168 Å². The van der Waals surface area contributed by atoms with Crippen LogP contribution in [0.4, 0.5) is 0 Å². The van der Waals surface area contributed by atoms with Crippen molar-refractivity contribution >= 4 is 17.7 Å². The molecule has 2 heterocycles. The molecule has 7 nitrogen and oxygen atoms in total. The monoisotopic (exact) mass is 395 g/mol. The highest BCUT2D eigenvalue weighted by molar-refractivity contribution is 7.99. The van der Waals surface area contributed by atoms with Crippen LogP contribution in [-0.4, -0.2) is 51.0 Å². The van der Waals surface area contributed by atoms with Gasteiger partial charge in [0.15, 0.2) is 0 Å². The van der Waals surface area contributed by atoms with Crippen molar-refractivity contribution < 1.29 is 9.69 Å². The molecule has 1 fully saturated rings. The standard InChI is InChI=1S/C20H22N6OS/c27-19(15-28-20-22-23-24-26(20)18-9-5-2-6-10-18)21-17-11-12-25(14-17)13-16-7-3-1-4-8-16/h1-10,17H,11-15H2,(H,21,27)/p+1/t17-/m0/s1. The molecule has 144 valence electrons. The van der Waals surface area contributed by atoms with Crippen LogP contribution in [0.2, 0.25) is 0 Å². The average molecular weight is 396 g/mol. The second-order valence-corrected chi connectivity index (χ2v) is 7.86. The summed E-state index contributed by atoms with van der Waals surface area (Å²) >= 11 is 1.35. The minimum atomic E-state index is 0.0265. The van der Waals surface area contributed by atoms with E-state index in [4.69, 9.17) is 0 Å². The molecule has 2 aromatic carbocycles. The number of nitrogens with zero attached hydrogens (tertiary/aromatic N) is 4. The Hall–Kier alpha value is -2.71. The van der Waals surface area contributed by atoms with Crippen molar-refractivity contribution in [2.75, 3.05) is 18.8 Å². The molecule has 1 aliphatic rings. The first-order valence-electron chi connectivity index (χ1n) is 9.41. The fourth-order valence-corrected chi connectivity index (χ4v) is 4.20. The highest BCUT2D eigenvalue weighted by Gasteiger charge is 2.27. The van der Waals surface area contributed by atoms with Gasteiger partial charge >= 0.3 is 0 Å². The number of hydrogen-bond donors (Lipinski definition) is 2. The normalized spacial score (nSPS) is 18.9. The fourth-order valence-electron chi connectivity index (χ4n) is 3.50. The predicted molar refractivity (Wildman–Crippen MR) is 107 cm³/mol. The second-order valence-electron chi connectivity index (χ2n) is 6.92. The number of thioether (sulfide) groups is 1. The molecule has 0 saturated carbocycles. The van der Waals surface area contributed by atoms with Crippen LogP contribution >= 0.6 is 11.8 Å². The van der Waals surface area contributed by atoms with Gasteiger partial charge in [-0.05, 0) is 22.6 Å². The number of hydrogen-bond acceptors (Lipinski definition) is 5. The van der Waals surface area contributed by atoms with E-state index in [1.54, 1.807) is 4.68 Å². The molecule has 0 bridgehead atoms. The Kier molecular flexibility index (Phi) is 5.98. The number of nitrogens with one attached hydrogen (secondary N) is 2. The SMILES string of the molecule is O=C(CSc1nnnn1-c1ccccc1)N[C@H]1CC[NH+](Cc2ccccc2)C1. The van der Waals surface area contributed by atoms with Gasteiger partial charge < -0.3 is 10.2 Å². The fraction of sp³-hybridized carbons (Fsp3) is 0.300. The highest BCUT2D eigenvalue weighted by atomic mass is 32.2. The molecule has 1 amide bonds. The maximum atomic E-state index is 12.4. The van der Waals surface area contributed by atoms with Gasteiger partial charge in [0.1, 0.15) is 6.54 Å². The number of amides is 1. The molecular formula is C20H23N6OS+. The van der Waals surface area contributed by atoms with Crippen molar-refractivity contribution in [2.45, 2.75) is 24.2 Å². The van der Waals surface area contributed by atoms with Crippen LogP contribution in [0.25, 0.3) is 5.69 Å². The Morgan fingerprint density at radius 3 is 2.68 bits per heavy atom. The maximum Gasteiger partial charge on any atom is 0.230 e. The topological polar surface area (TPSA) is 77.1 Å². The zero-order valence-electron chi connectivity index (χ0n) is 15.5. The van der Waals surface area contributed by atoms with E-state index in [1.165, 1.54) is 22.2 Å². The van der Waals surface area contributed by atoms with E-state index >= 15 is 0 Å². The van der Waals surface area contributed by atoms with E-state index in [0.29, 0.717) is 10.9 Å². The summed E-state index contributed by atoms with van der Waals surface area (Å²) in [5.74, 6) is 0.330. The van der Waals surface area contributed by atoms with Crippen molar-refractivity contribution in [3.8, 4) is 5.69 Å². The number of quaternary nitrogens is 1. The van der Waals surface area contributed by atoms with Crippen LogP contribution in [0.3, 0.4) is 0 Å². The molecule has 4 rings (SSSR count). The van der Waals surface area contributed by atoms with Crippen molar-refractivity contribution in [3.05, 3.63) is 66.2 Å². The molecule has 1 saturated heterocycles. The zero-order chi connectivity index (χ0) is 19.2. The third kappa shape index (κ3) is 4.76. The van der Waals surface area contributed by atoms with Gasteiger partial charge in [-0.2, -0.15) is 4.68 Å². The van der Waals surface area contributed by atoms with Gasteiger partial charge in [-0.1, -0.05) is 60.3 Å². The molecule has 8 heteroatoms. The average Bonchev–Trinajstić information content (AvgIpc) is 3.37. The smallest absolute Gasteiger partial charge is 0.230 e. The Morgan fingerprint density at radius 1 is 1.14 bits per heavy atom. The molecule has 0 radical (unpaired) electrons. The summed E-state index contributed by atoms with van der Waals surface area (Å²) in [4.78, 5) is 13.9. The first-order chi connectivity index (χ1) is 13.8. The molecule has 1 unspecified atom stereocenters. The number of carbonyl (C=O) groups is 1. The number of carbonyl (C=O) groups excluding carboxylic acids is 1. The number of tetrazole rings is 1. The third-order valence-electron chi connectivity index (χ3n) is 4.82. The minimum Gasteiger partial charge on any atom is -0.347 e. The molecule has 1 aromatic heterocycles. The number of benzene rings is 2. The van der Waals surface area contributed by atoms with Gasteiger partial charge in [0.05, 0.1) is 30.6 Å². The van der Waals surface area contributed by atoms with E-state index in [9.17, 15) is 4.79 Å². The number of aromatic nitrogens is 4. The second kappa shape index (κ2) is 8.99. The van der Waals surface area contributed by atoms with Crippen molar-refractivity contribution in [1.82, 2.24) is 25.5 Å². The number of likely N-dealkylation sites (tertiary alicyclic amines) is 1. The molecule has 2 N–H and O–H groups in total. The van der Waals surface area contributed by atoms with E-state index < -0.39 is 0 Å². The van der Waals surface area contributed by atoms with E-state index in [1.807, 2.05) is 36.4 Å². The summed E-state index contributed by atoms with van der Waals surface area (Å²) in [5.41, 5.74) is 2.22. The Balaban J connectivity index is 1.25. The van der Waals surface area contributed by atoms with Gasteiger partial charge in [0.2, 0.25) is 11.1 Å². The summed E-state index contributed by atoms with van der Waals surface area (Å²) < 4.78 is 1.65. The summed E-state index contributed by atoms with van der Waals surface area (Å²) in [6, 6.07) is 20.4. The molecule has 3 aromatic rings. The van der Waals surface area contributed by atoms with Crippen LogP contribution < -0.4 is 10.2 Å². The molecule has 0 aliphatic carbocycles. The van der Waals surface area contributed by atoms with Gasteiger partial charge in [0, 0.05) is 12.0 Å². The zero-order valence-corrected chi connectivity index (χ0v) is 16.3. The largest absolute Gasteiger partial charge is 0.347 e. The first kappa shape index (κ1) is 18.6. The van der Waals surface area contributed by atoms with Gasteiger partial charge in [-0.3, -0.25) is 4.79 Å². The van der Waals surface area contributed by atoms with Gasteiger partial charge in [-0.25, -0.2) is 0 Å². The summed E-state index contributed by atoms with van der Waals surface area (Å²) in [7, 11) is 0. The van der Waals surface area contributed by atoms with Crippen LogP contribution in [0.1, 0.15) is 12.0 Å². The van der Waals surface area contributed by atoms with E-state index in [2.05, 4.69) is 45.1 Å². The molecule has 1 aliphatic heterocycles. The first-order valence-corrected chi connectivity index (χ1v) is 10.4. The van der Waals surface area contributed by atoms with Crippen LogP contribution in [0.5, 0.6) is 0 Å². The van der Waals surface area contributed by atoms with Crippen LogP contribution in [0, 0.1) is 0 Å².